The lowest BCUT2D eigenvalue weighted by Crippen LogP contribution is -2.25. The first kappa shape index (κ1) is 9.63. The van der Waals surface area contributed by atoms with Crippen LogP contribution in [-0.4, -0.2) is 9.02 Å². The molecule has 0 aromatic rings. The van der Waals surface area contributed by atoms with Gasteiger partial charge < -0.3 is 0 Å². The molecule has 0 radical (unpaired) electrons. The van der Waals surface area contributed by atoms with E-state index < -0.39 is 0 Å². The van der Waals surface area contributed by atoms with Crippen LogP contribution >= 0.6 is 31.9 Å². The molecule has 0 saturated heterocycles. The molecule has 0 aliphatic heterocycles. The minimum atomic E-state index is -0.326. The molecule has 0 fully saturated rings. The van der Waals surface area contributed by atoms with Gasteiger partial charge in [0.25, 0.3) is 0 Å². The Bertz CT molecular complexity index is 108. The van der Waals surface area contributed by atoms with Crippen molar-refractivity contribution in [1.82, 2.24) is 0 Å². The maximum Gasteiger partial charge on any atom is 0.214 e. The van der Waals surface area contributed by atoms with Gasteiger partial charge in [0.05, 0.1) is 4.32 Å². The lowest BCUT2D eigenvalue weighted by Gasteiger charge is -2.18. The molecule has 0 bridgehead atoms. The topological polar surface area (TPSA) is 17.1 Å². The van der Waals surface area contributed by atoms with Crippen LogP contribution in [0, 0.1) is 0 Å². The van der Waals surface area contributed by atoms with Crippen molar-refractivity contribution in [3.63, 3.8) is 0 Å². The summed E-state index contributed by atoms with van der Waals surface area (Å²) in [6.07, 6.45) is 1.65. The van der Waals surface area contributed by atoms with Gasteiger partial charge in [-0.05, 0) is 28.8 Å². The number of halogens is 2. The zero-order valence-corrected chi connectivity index (χ0v) is 8.75. The Balaban J connectivity index is 4.09. The first-order chi connectivity index (χ1) is 4.06. The van der Waals surface area contributed by atoms with Crippen molar-refractivity contribution in [2.24, 2.45) is 0 Å². The molecule has 0 N–H and O–H groups in total. The van der Waals surface area contributed by atoms with Crippen LogP contribution in [0.3, 0.4) is 0 Å². The molecular weight excluding hydrogens is 248 g/mol. The van der Waals surface area contributed by atoms with E-state index in [0.29, 0.717) is 0 Å². The Hall–Kier alpha value is 0.630. The van der Waals surface area contributed by atoms with Gasteiger partial charge in [-0.15, -0.1) is 0 Å². The molecule has 3 heteroatoms. The van der Waals surface area contributed by atoms with Crippen molar-refractivity contribution >= 4 is 36.6 Å². The molecule has 0 spiro atoms. The summed E-state index contributed by atoms with van der Waals surface area (Å²) in [5.41, 5.74) is 0. The molecule has 0 atom stereocenters. The fraction of sp³-hybridized carbons (Fsp3) is 0.833. The zero-order valence-electron chi connectivity index (χ0n) is 5.58. The van der Waals surface area contributed by atoms with Gasteiger partial charge in [-0.2, -0.15) is 0 Å². The van der Waals surface area contributed by atoms with Crippen molar-refractivity contribution in [1.29, 1.82) is 0 Å². The van der Waals surface area contributed by atoms with Crippen LogP contribution in [0.5, 0.6) is 0 Å². The molecule has 0 saturated carbocycles. The highest BCUT2D eigenvalue weighted by Gasteiger charge is 2.28. The first-order valence-corrected chi connectivity index (χ1v) is 4.54. The third kappa shape index (κ3) is 2.38. The Kier molecular flexibility index (Phi) is 3.97. The van der Waals surface area contributed by atoms with Crippen LogP contribution in [0.2, 0.25) is 0 Å². The second kappa shape index (κ2) is 3.71. The maximum atomic E-state index is 10.8. The van der Waals surface area contributed by atoms with Gasteiger partial charge >= 0.3 is 0 Å². The highest BCUT2D eigenvalue weighted by atomic mass is 79.9. The van der Waals surface area contributed by atoms with E-state index in [1.807, 2.05) is 13.8 Å². The van der Waals surface area contributed by atoms with Crippen molar-refractivity contribution in [2.75, 3.05) is 0 Å². The van der Waals surface area contributed by atoms with Gasteiger partial charge in [0.1, 0.15) is 0 Å². The normalized spacial score (nSPS) is 11.6. The van der Waals surface area contributed by atoms with E-state index in [0.717, 1.165) is 12.8 Å². The van der Waals surface area contributed by atoms with E-state index in [9.17, 15) is 4.79 Å². The SMILES string of the molecule is CCC(Br)(CC)C(=O)Br. The van der Waals surface area contributed by atoms with E-state index in [1.165, 1.54) is 0 Å². The second-order valence-corrected chi connectivity index (χ2v) is 4.18. The molecule has 0 aliphatic carbocycles. The van der Waals surface area contributed by atoms with E-state index in [2.05, 4.69) is 31.9 Å². The minimum absolute atomic E-state index is 0.0417. The highest BCUT2D eigenvalue weighted by molar-refractivity contribution is 9.20. The molecule has 0 amide bonds. The van der Waals surface area contributed by atoms with E-state index in [-0.39, 0.29) is 9.02 Å². The molecule has 0 rings (SSSR count). The molecule has 0 aromatic carbocycles. The Labute approximate surface area is 72.5 Å². The maximum absolute atomic E-state index is 10.8. The summed E-state index contributed by atoms with van der Waals surface area (Å²) in [7, 11) is 0. The molecule has 0 unspecified atom stereocenters. The minimum Gasteiger partial charge on any atom is -0.285 e. The van der Waals surface area contributed by atoms with Crippen molar-refractivity contribution < 1.29 is 4.79 Å². The van der Waals surface area contributed by atoms with Crippen LogP contribution in [0.4, 0.5) is 0 Å². The van der Waals surface area contributed by atoms with Gasteiger partial charge in [0, 0.05) is 0 Å². The van der Waals surface area contributed by atoms with E-state index in [1.54, 1.807) is 0 Å². The lowest BCUT2D eigenvalue weighted by molar-refractivity contribution is -0.112. The van der Waals surface area contributed by atoms with Crippen molar-refractivity contribution in [2.45, 2.75) is 31.0 Å². The average Bonchev–Trinajstić information content (AvgIpc) is 1.86. The largest absolute Gasteiger partial charge is 0.285 e. The summed E-state index contributed by atoms with van der Waals surface area (Å²) < 4.78 is -0.285. The van der Waals surface area contributed by atoms with Gasteiger partial charge in [-0.25, -0.2) is 0 Å². The van der Waals surface area contributed by atoms with Gasteiger partial charge in [-0.3, -0.25) is 4.79 Å². The number of carbonyl (C=O) groups is 1. The summed E-state index contributed by atoms with van der Waals surface area (Å²) in [4.78, 5) is 10.8. The number of alkyl halides is 1. The monoisotopic (exact) mass is 256 g/mol. The third-order valence-electron chi connectivity index (χ3n) is 1.47. The average molecular weight is 258 g/mol. The van der Waals surface area contributed by atoms with Crippen LogP contribution in [-0.2, 0) is 4.79 Å². The predicted octanol–water partition coefficient (Wildman–Crippen LogP) is 2.86. The molecule has 1 nitrogen and oxygen atoms in total. The Morgan fingerprint density at radius 2 is 1.78 bits per heavy atom. The number of hydrogen-bond acceptors (Lipinski definition) is 1. The first-order valence-electron chi connectivity index (χ1n) is 2.95. The zero-order chi connectivity index (χ0) is 7.49. The standard InChI is InChI=1S/C6H10Br2O/c1-3-6(8,4-2)5(7)9/h3-4H2,1-2H3. The fourth-order valence-corrected chi connectivity index (χ4v) is 1.09. The summed E-state index contributed by atoms with van der Waals surface area (Å²) in [6, 6.07) is 0. The lowest BCUT2D eigenvalue weighted by atomic mass is 10.1. The summed E-state index contributed by atoms with van der Waals surface area (Å²) in [5.74, 6) is 0. The summed E-state index contributed by atoms with van der Waals surface area (Å²) in [6.45, 7) is 3.97. The smallest absolute Gasteiger partial charge is 0.214 e. The quantitative estimate of drug-likeness (QED) is 0.561. The molecule has 54 valence electrons. The highest BCUT2D eigenvalue weighted by Crippen LogP contribution is 2.29. The van der Waals surface area contributed by atoms with Gasteiger partial charge in [0.2, 0.25) is 4.69 Å². The Morgan fingerprint density at radius 1 is 1.44 bits per heavy atom. The second-order valence-electron chi connectivity index (χ2n) is 1.95. The summed E-state index contributed by atoms with van der Waals surface area (Å²) in [5, 5.41) is 0. The van der Waals surface area contributed by atoms with Crippen LogP contribution < -0.4 is 0 Å². The number of hydrogen-bond donors (Lipinski definition) is 0. The van der Waals surface area contributed by atoms with Crippen LogP contribution in [0.25, 0.3) is 0 Å². The third-order valence-corrected chi connectivity index (χ3v) is 4.25. The predicted molar refractivity (Wildman–Crippen MR) is 46.2 cm³/mol. The van der Waals surface area contributed by atoms with Gasteiger partial charge in [0.15, 0.2) is 0 Å². The molecule has 0 aromatic heterocycles. The van der Waals surface area contributed by atoms with Crippen molar-refractivity contribution in [3.05, 3.63) is 0 Å². The molecular formula is C6H10Br2O. The number of rotatable bonds is 3. The Morgan fingerprint density at radius 3 is 1.78 bits per heavy atom. The molecule has 0 aliphatic rings. The van der Waals surface area contributed by atoms with Crippen LogP contribution in [0.15, 0.2) is 0 Å². The van der Waals surface area contributed by atoms with E-state index >= 15 is 0 Å². The van der Waals surface area contributed by atoms with Gasteiger partial charge in [-0.1, -0.05) is 29.8 Å². The summed E-state index contributed by atoms with van der Waals surface area (Å²) >= 11 is 6.28. The number of carbonyl (C=O) groups excluding carboxylic acids is 1. The van der Waals surface area contributed by atoms with E-state index in [4.69, 9.17) is 0 Å². The molecule has 0 heterocycles. The fourth-order valence-electron chi connectivity index (χ4n) is 0.528. The van der Waals surface area contributed by atoms with Crippen LogP contribution in [0.1, 0.15) is 26.7 Å². The molecule has 9 heavy (non-hydrogen) atoms. The van der Waals surface area contributed by atoms with Crippen molar-refractivity contribution in [3.8, 4) is 0 Å².